The highest BCUT2D eigenvalue weighted by Crippen LogP contribution is 2.27. The van der Waals surface area contributed by atoms with Crippen molar-refractivity contribution in [3.05, 3.63) is 0 Å². The maximum absolute atomic E-state index is 3.66. The zero-order valence-corrected chi connectivity index (χ0v) is 13.4. The summed E-state index contributed by atoms with van der Waals surface area (Å²) in [5.74, 6) is 0. The number of rotatable bonds is 6. The first-order valence-corrected chi connectivity index (χ1v) is 8.20. The van der Waals surface area contributed by atoms with E-state index < -0.39 is 0 Å². The third-order valence-electron chi connectivity index (χ3n) is 4.70. The second kappa shape index (κ2) is 6.55. The zero-order chi connectivity index (χ0) is 13.9. The lowest BCUT2D eigenvalue weighted by Crippen LogP contribution is -2.49. The van der Waals surface area contributed by atoms with Crippen molar-refractivity contribution in [1.82, 2.24) is 15.1 Å². The molecule has 2 aliphatic rings. The van der Waals surface area contributed by atoms with Crippen molar-refractivity contribution in [3.8, 4) is 0 Å². The number of nitrogens with zero attached hydrogens (tertiary/aromatic N) is 2. The Morgan fingerprint density at radius 1 is 1.11 bits per heavy atom. The van der Waals surface area contributed by atoms with Gasteiger partial charge in [0, 0.05) is 38.3 Å². The SMILES string of the molecule is CCNC(CCN1CCN(C2CC2)CC1)C(C)(C)C. The fourth-order valence-corrected chi connectivity index (χ4v) is 3.19. The summed E-state index contributed by atoms with van der Waals surface area (Å²) in [6, 6.07) is 1.59. The second-order valence-corrected chi connectivity index (χ2v) is 7.37. The minimum atomic E-state index is 0.367. The molecule has 0 amide bonds. The average Bonchev–Trinajstić information content (AvgIpc) is 3.18. The van der Waals surface area contributed by atoms with Gasteiger partial charge in [-0.15, -0.1) is 0 Å². The molecule has 3 nitrogen and oxygen atoms in total. The lowest BCUT2D eigenvalue weighted by molar-refractivity contribution is 0.116. The van der Waals surface area contributed by atoms with E-state index >= 15 is 0 Å². The van der Waals surface area contributed by atoms with Gasteiger partial charge in [0.15, 0.2) is 0 Å². The molecule has 1 saturated heterocycles. The fraction of sp³-hybridized carbons (Fsp3) is 1.00. The van der Waals surface area contributed by atoms with Crippen LogP contribution in [0.3, 0.4) is 0 Å². The highest BCUT2D eigenvalue weighted by Gasteiger charge is 2.31. The van der Waals surface area contributed by atoms with Crippen LogP contribution in [-0.2, 0) is 0 Å². The van der Waals surface area contributed by atoms with Crippen LogP contribution in [0.2, 0.25) is 0 Å². The Labute approximate surface area is 119 Å². The van der Waals surface area contributed by atoms with E-state index in [1.807, 2.05) is 0 Å². The molecule has 1 atom stereocenters. The summed E-state index contributed by atoms with van der Waals surface area (Å²) in [7, 11) is 0. The normalized spacial score (nSPS) is 24.6. The Balaban J connectivity index is 1.69. The molecule has 19 heavy (non-hydrogen) atoms. The summed E-state index contributed by atoms with van der Waals surface area (Å²) in [4.78, 5) is 5.36. The van der Waals surface area contributed by atoms with Gasteiger partial charge in [-0.3, -0.25) is 4.90 Å². The van der Waals surface area contributed by atoms with E-state index in [1.54, 1.807) is 0 Å². The highest BCUT2D eigenvalue weighted by molar-refractivity contribution is 4.88. The predicted molar refractivity (Wildman–Crippen MR) is 82.6 cm³/mol. The van der Waals surface area contributed by atoms with Gasteiger partial charge < -0.3 is 10.2 Å². The van der Waals surface area contributed by atoms with E-state index in [-0.39, 0.29) is 0 Å². The molecule has 2 fully saturated rings. The van der Waals surface area contributed by atoms with Crippen LogP contribution in [0.1, 0.15) is 47.0 Å². The number of hydrogen-bond acceptors (Lipinski definition) is 3. The Hall–Kier alpha value is -0.120. The van der Waals surface area contributed by atoms with E-state index in [1.165, 1.54) is 52.0 Å². The molecular weight excluding hydrogens is 234 g/mol. The van der Waals surface area contributed by atoms with E-state index in [2.05, 4.69) is 42.8 Å². The van der Waals surface area contributed by atoms with Crippen molar-refractivity contribution in [2.24, 2.45) is 5.41 Å². The largest absolute Gasteiger partial charge is 0.314 e. The summed E-state index contributed by atoms with van der Waals surface area (Å²) >= 11 is 0. The minimum absolute atomic E-state index is 0.367. The molecular formula is C16H33N3. The van der Waals surface area contributed by atoms with Crippen molar-refractivity contribution in [1.29, 1.82) is 0 Å². The number of hydrogen-bond donors (Lipinski definition) is 1. The first-order chi connectivity index (χ1) is 9.00. The molecule has 1 saturated carbocycles. The minimum Gasteiger partial charge on any atom is -0.314 e. The third kappa shape index (κ3) is 4.73. The molecule has 0 aromatic heterocycles. The molecule has 0 bridgehead atoms. The predicted octanol–water partition coefficient (Wildman–Crippen LogP) is 2.18. The summed E-state index contributed by atoms with van der Waals surface area (Å²) in [5.41, 5.74) is 0.367. The fourth-order valence-electron chi connectivity index (χ4n) is 3.19. The molecule has 1 aliphatic heterocycles. The molecule has 1 aliphatic carbocycles. The molecule has 1 N–H and O–H groups in total. The molecule has 0 aromatic carbocycles. The Kier molecular flexibility index (Phi) is 5.27. The van der Waals surface area contributed by atoms with Crippen LogP contribution in [0.25, 0.3) is 0 Å². The summed E-state index contributed by atoms with van der Waals surface area (Å²) < 4.78 is 0. The van der Waals surface area contributed by atoms with Gasteiger partial charge in [0.2, 0.25) is 0 Å². The van der Waals surface area contributed by atoms with Crippen LogP contribution in [0.5, 0.6) is 0 Å². The van der Waals surface area contributed by atoms with Crippen LogP contribution >= 0.6 is 0 Å². The third-order valence-corrected chi connectivity index (χ3v) is 4.70. The van der Waals surface area contributed by atoms with Crippen LogP contribution in [-0.4, -0.2) is 61.2 Å². The summed E-state index contributed by atoms with van der Waals surface area (Å²) in [5, 5.41) is 3.66. The van der Waals surface area contributed by atoms with Crippen LogP contribution in [0.15, 0.2) is 0 Å². The van der Waals surface area contributed by atoms with Gasteiger partial charge >= 0.3 is 0 Å². The average molecular weight is 267 g/mol. The molecule has 0 radical (unpaired) electrons. The van der Waals surface area contributed by atoms with Gasteiger partial charge in [-0.25, -0.2) is 0 Å². The zero-order valence-electron chi connectivity index (χ0n) is 13.4. The number of nitrogens with one attached hydrogen (secondary N) is 1. The smallest absolute Gasteiger partial charge is 0.0128 e. The standard InChI is InChI=1S/C16H33N3/c1-5-17-15(16(2,3)4)8-9-18-10-12-19(13-11-18)14-6-7-14/h14-15,17H,5-13H2,1-4H3. The van der Waals surface area contributed by atoms with Crippen molar-refractivity contribution < 1.29 is 0 Å². The van der Waals surface area contributed by atoms with Gasteiger partial charge in [0.05, 0.1) is 0 Å². The van der Waals surface area contributed by atoms with Gasteiger partial charge in [-0.2, -0.15) is 0 Å². The van der Waals surface area contributed by atoms with Crippen LogP contribution < -0.4 is 5.32 Å². The molecule has 3 heteroatoms. The Morgan fingerprint density at radius 2 is 1.74 bits per heavy atom. The lowest BCUT2D eigenvalue weighted by Gasteiger charge is -2.37. The molecule has 0 aromatic rings. The molecule has 1 unspecified atom stereocenters. The van der Waals surface area contributed by atoms with Crippen molar-refractivity contribution in [2.75, 3.05) is 39.3 Å². The van der Waals surface area contributed by atoms with E-state index in [9.17, 15) is 0 Å². The van der Waals surface area contributed by atoms with Gasteiger partial charge in [-0.05, 0) is 37.8 Å². The molecule has 0 spiro atoms. The summed E-state index contributed by atoms with van der Waals surface area (Å²) in [6.07, 6.45) is 4.18. The van der Waals surface area contributed by atoms with Crippen molar-refractivity contribution in [2.45, 2.75) is 59.0 Å². The molecule has 2 rings (SSSR count). The Morgan fingerprint density at radius 3 is 2.21 bits per heavy atom. The molecule has 112 valence electrons. The maximum atomic E-state index is 3.66. The van der Waals surface area contributed by atoms with E-state index in [0.717, 1.165) is 12.6 Å². The molecule has 1 heterocycles. The van der Waals surface area contributed by atoms with Crippen molar-refractivity contribution in [3.63, 3.8) is 0 Å². The highest BCUT2D eigenvalue weighted by atomic mass is 15.3. The van der Waals surface area contributed by atoms with Gasteiger partial charge in [0.25, 0.3) is 0 Å². The van der Waals surface area contributed by atoms with Crippen molar-refractivity contribution >= 4 is 0 Å². The first-order valence-electron chi connectivity index (χ1n) is 8.20. The lowest BCUT2D eigenvalue weighted by atomic mass is 9.84. The number of piperazine rings is 1. The van der Waals surface area contributed by atoms with Crippen LogP contribution in [0.4, 0.5) is 0 Å². The topological polar surface area (TPSA) is 18.5 Å². The van der Waals surface area contributed by atoms with E-state index in [4.69, 9.17) is 0 Å². The quantitative estimate of drug-likeness (QED) is 0.796. The monoisotopic (exact) mass is 267 g/mol. The maximum Gasteiger partial charge on any atom is 0.0128 e. The second-order valence-electron chi connectivity index (χ2n) is 7.37. The first kappa shape index (κ1) is 15.3. The summed E-state index contributed by atoms with van der Waals surface area (Å²) in [6.45, 7) is 16.8. The van der Waals surface area contributed by atoms with Gasteiger partial charge in [0.1, 0.15) is 0 Å². The Bertz CT molecular complexity index is 260. The van der Waals surface area contributed by atoms with Crippen LogP contribution in [0, 0.1) is 5.41 Å². The van der Waals surface area contributed by atoms with Gasteiger partial charge in [-0.1, -0.05) is 27.7 Å². The van der Waals surface area contributed by atoms with E-state index in [0.29, 0.717) is 11.5 Å².